The number of carbonyl (C=O) groups is 4. The van der Waals surface area contributed by atoms with Gasteiger partial charge in [-0.2, -0.15) is 0 Å². The maximum atomic E-state index is 12.9. The maximum Gasteiger partial charge on any atom is 0.279 e. The molecular formula is C20H24FN3O5. The molecule has 8 nitrogen and oxygen atoms in total. The van der Waals surface area contributed by atoms with Crippen molar-refractivity contribution in [1.29, 1.82) is 0 Å². The predicted octanol–water partition coefficient (Wildman–Crippen LogP) is 1.31. The predicted molar refractivity (Wildman–Crippen MR) is 99.6 cm³/mol. The van der Waals surface area contributed by atoms with Crippen LogP contribution in [-0.4, -0.2) is 41.2 Å². The second-order valence-corrected chi connectivity index (χ2v) is 7.33. The number of imide groups is 1. The molecule has 0 aromatic heterocycles. The van der Waals surface area contributed by atoms with Gasteiger partial charge in [-0.05, 0) is 44.0 Å². The molecule has 1 saturated carbocycles. The Labute approximate surface area is 167 Å². The maximum absolute atomic E-state index is 12.9. The summed E-state index contributed by atoms with van der Waals surface area (Å²) in [5, 5.41) is 0. The van der Waals surface area contributed by atoms with Crippen molar-refractivity contribution in [1.82, 2.24) is 15.8 Å². The van der Waals surface area contributed by atoms with Crippen molar-refractivity contribution >= 4 is 23.6 Å². The molecule has 1 aliphatic heterocycles. The molecule has 0 unspecified atom stereocenters. The topological polar surface area (TPSA) is 105 Å². The van der Waals surface area contributed by atoms with Crippen LogP contribution in [0.25, 0.3) is 0 Å². The van der Waals surface area contributed by atoms with E-state index in [1.54, 1.807) is 0 Å². The fourth-order valence-electron chi connectivity index (χ4n) is 3.73. The largest absolute Gasteiger partial charge is 0.481 e. The number of rotatable bonds is 6. The van der Waals surface area contributed by atoms with Gasteiger partial charge in [-0.1, -0.05) is 12.8 Å². The molecule has 2 aliphatic rings. The number of halogens is 1. The number of ether oxygens (including phenoxy) is 1. The number of hydrogen-bond acceptors (Lipinski definition) is 5. The molecule has 1 aromatic rings. The number of hydrogen-bond donors (Lipinski definition) is 2. The Morgan fingerprint density at radius 3 is 2.28 bits per heavy atom. The lowest BCUT2D eigenvalue weighted by atomic mass is 9.81. The van der Waals surface area contributed by atoms with Gasteiger partial charge in [0.05, 0.1) is 11.8 Å². The van der Waals surface area contributed by atoms with Gasteiger partial charge in [0.2, 0.25) is 17.7 Å². The summed E-state index contributed by atoms with van der Waals surface area (Å²) in [4.78, 5) is 49.9. The van der Waals surface area contributed by atoms with Gasteiger partial charge in [0.15, 0.2) is 6.10 Å². The first kappa shape index (κ1) is 20.8. The van der Waals surface area contributed by atoms with Crippen molar-refractivity contribution in [2.75, 3.05) is 6.54 Å². The van der Waals surface area contributed by atoms with Crippen molar-refractivity contribution in [2.45, 2.75) is 45.1 Å². The lowest BCUT2D eigenvalue weighted by molar-refractivity contribution is -0.140. The van der Waals surface area contributed by atoms with Gasteiger partial charge in [-0.15, -0.1) is 0 Å². The molecule has 0 spiro atoms. The molecule has 1 heterocycles. The highest BCUT2D eigenvalue weighted by Crippen LogP contribution is 2.37. The Morgan fingerprint density at radius 1 is 1.10 bits per heavy atom. The van der Waals surface area contributed by atoms with E-state index in [1.807, 2.05) is 0 Å². The zero-order chi connectivity index (χ0) is 21.0. The number of hydrazine groups is 1. The fourth-order valence-corrected chi connectivity index (χ4v) is 3.73. The number of fused-ring (bicyclic) bond motifs is 1. The van der Waals surface area contributed by atoms with E-state index in [0.717, 1.165) is 25.7 Å². The van der Waals surface area contributed by atoms with Crippen LogP contribution in [0.5, 0.6) is 5.75 Å². The van der Waals surface area contributed by atoms with E-state index in [9.17, 15) is 23.6 Å². The number of amides is 4. The van der Waals surface area contributed by atoms with Crippen LogP contribution in [0.3, 0.4) is 0 Å². The van der Waals surface area contributed by atoms with Crippen LogP contribution in [0.4, 0.5) is 4.39 Å². The van der Waals surface area contributed by atoms with Crippen LogP contribution in [-0.2, 0) is 19.2 Å². The van der Waals surface area contributed by atoms with Crippen LogP contribution in [0.15, 0.2) is 24.3 Å². The standard InChI is InChI=1S/C20H24FN3O5/c1-12(29-14-8-6-13(21)7-9-14)18(26)23-22-17(25)10-11-24-19(27)15-4-2-3-5-16(15)20(24)28/h6-9,12,15-16H,2-5,10-11H2,1H3,(H,22,25)(H,23,26)/t12-,15+,16+/m1/s1. The summed E-state index contributed by atoms with van der Waals surface area (Å²) in [6, 6.07) is 5.19. The van der Waals surface area contributed by atoms with Crippen LogP contribution >= 0.6 is 0 Å². The Kier molecular flexibility index (Phi) is 6.46. The molecule has 1 saturated heterocycles. The SMILES string of the molecule is C[C@@H](Oc1ccc(F)cc1)C(=O)NNC(=O)CCN1C(=O)[C@H]2CCCC[C@@H]2C1=O. The summed E-state index contributed by atoms with van der Waals surface area (Å²) in [6.07, 6.45) is 2.30. The fraction of sp³-hybridized carbons (Fsp3) is 0.500. The summed E-state index contributed by atoms with van der Waals surface area (Å²) in [5.74, 6) is -2.11. The molecule has 29 heavy (non-hydrogen) atoms. The Bertz CT molecular complexity index is 774. The summed E-state index contributed by atoms with van der Waals surface area (Å²) >= 11 is 0. The average Bonchev–Trinajstić information content (AvgIpc) is 2.96. The van der Waals surface area contributed by atoms with E-state index in [2.05, 4.69) is 10.9 Å². The van der Waals surface area contributed by atoms with E-state index in [0.29, 0.717) is 5.75 Å². The number of nitrogens with zero attached hydrogens (tertiary/aromatic N) is 1. The van der Waals surface area contributed by atoms with Crippen molar-refractivity contribution in [3.8, 4) is 5.75 Å². The quantitative estimate of drug-likeness (QED) is 0.548. The van der Waals surface area contributed by atoms with Crippen LogP contribution in [0.1, 0.15) is 39.0 Å². The molecule has 9 heteroatoms. The number of likely N-dealkylation sites (tertiary alicyclic amines) is 1. The molecule has 2 fully saturated rings. The van der Waals surface area contributed by atoms with Gasteiger partial charge in [-0.3, -0.25) is 34.9 Å². The number of carbonyl (C=O) groups excluding carboxylic acids is 4. The highest BCUT2D eigenvalue weighted by Gasteiger charge is 2.47. The molecule has 156 valence electrons. The zero-order valence-electron chi connectivity index (χ0n) is 16.2. The molecular weight excluding hydrogens is 381 g/mol. The lowest BCUT2D eigenvalue weighted by Gasteiger charge is -2.19. The molecule has 2 N–H and O–H groups in total. The highest BCUT2D eigenvalue weighted by molar-refractivity contribution is 6.05. The van der Waals surface area contributed by atoms with E-state index < -0.39 is 23.7 Å². The lowest BCUT2D eigenvalue weighted by Crippen LogP contribution is -2.48. The molecule has 4 amide bonds. The van der Waals surface area contributed by atoms with Gasteiger partial charge < -0.3 is 4.74 Å². The zero-order valence-corrected chi connectivity index (χ0v) is 16.2. The normalized spacial score (nSPS) is 22.1. The number of benzene rings is 1. The van der Waals surface area contributed by atoms with E-state index in [4.69, 9.17) is 4.74 Å². The van der Waals surface area contributed by atoms with Gasteiger partial charge in [0.25, 0.3) is 5.91 Å². The van der Waals surface area contributed by atoms with Gasteiger partial charge >= 0.3 is 0 Å². The minimum Gasteiger partial charge on any atom is -0.481 e. The third-order valence-electron chi connectivity index (χ3n) is 5.32. The molecule has 1 aliphatic carbocycles. The summed E-state index contributed by atoms with van der Waals surface area (Å²) in [7, 11) is 0. The van der Waals surface area contributed by atoms with E-state index >= 15 is 0 Å². The van der Waals surface area contributed by atoms with Gasteiger partial charge in [0.1, 0.15) is 11.6 Å². The first-order valence-corrected chi connectivity index (χ1v) is 9.73. The monoisotopic (exact) mass is 405 g/mol. The van der Waals surface area contributed by atoms with Crippen molar-refractivity contribution in [3.05, 3.63) is 30.1 Å². The number of nitrogens with one attached hydrogen (secondary N) is 2. The minimum absolute atomic E-state index is 0.00595. The van der Waals surface area contributed by atoms with Crippen molar-refractivity contribution < 1.29 is 28.3 Å². The van der Waals surface area contributed by atoms with Crippen LogP contribution in [0.2, 0.25) is 0 Å². The third-order valence-corrected chi connectivity index (χ3v) is 5.32. The Hall–Kier alpha value is -2.97. The van der Waals surface area contributed by atoms with E-state index in [1.165, 1.54) is 36.1 Å². The molecule has 0 bridgehead atoms. The summed E-state index contributed by atoms with van der Waals surface area (Å²) in [6.45, 7) is 1.47. The third kappa shape index (κ3) is 4.90. The minimum atomic E-state index is -0.925. The first-order chi connectivity index (χ1) is 13.9. The van der Waals surface area contributed by atoms with Gasteiger partial charge in [0, 0.05) is 13.0 Å². The smallest absolute Gasteiger partial charge is 0.279 e. The van der Waals surface area contributed by atoms with Crippen LogP contribution in [0, 0.1) is 17.7 Å². The second kappa shape index (κ2) is 9.02. The van der Waals surface area contributed by atoms with Crippen LogP contribution < -0.4 is 15.6 Å². The molecule has 3 atom stereocenters. The molecule has 1 aromatic carbocycles. The molecule has 0 radical (unpaired) electrons. The highest BCUT2D eigenvalue weighted by atomic mass is 19.1. The second-order valence-electron chi connectivity index (χ2n) is 7.33. The van der Waals surface area contributed by atoms with Crippen molar-refractivity contribution in [2.24, 2.45) is 11.8 Å². The van der Waals surface area contributed by atoms with Gasteiger partial charge in [-0.25, -0.2) is 4.39 Å². The van der Waals surface area contributed by atoms with E-state index in [-0.39, 0.29) is 36.6 Å². The summed E-state index contributed by atoms with van der Waals surface area (Å²) < 4.78 is 18.2. The molecule has 3 rings (SSSR count). The first-order valence-electron chi connectivity index (χ1n) is 9.73. The summed E-state index contributed by atoms with van der Waals surface area (Å²) in [5.41, 5.74) is 4.48. The Morgan fingerprint density at radius 2 is 1.69 bits per heavy atom. The Balaban J connectivity index is 1.41. The average molecular weight is 405 g/mol. The van der Waals surface area contributed by atoms with Crippen molar-refractivity contribution in [3.63, 3.8) is 0 Å².